The molecule has 0 aromatic heterocycles. The molecule has 2 heterocycles. The van der Waals surface area contributed by atoms with Gasteiger partial charge in [-0.3, -0.25) is 0 Å². The van der Waals surface area contributed by atoms with Gasteiger partial charge in [0.15, 0.2) is 0 Å². The summed E-state index contributed by atoms with van der Waals surface area (Å²) >= 11 is 0. The molecule has 164 valence electrons. The Morgan fingerprint density at radius 2 is 0.914 bits per heavy atom. The van der Waals surface area contributed by atoms with Crippen LogP contribution in [-0.4, -0.2) is 11.9 Å². The predicted octanol–water partition coefficient (Wildman–Crippen LogP) is 6.31. The van der Waals surface area contributed by atoms with Crippen LogP contribution >= 0.6 is 0 Å². The van der Waals surface area contributed by atoms with Gasteiger partial charge in [0, 0.05) is 11.1 Å². The van der Waals surface area contributed by atoms with E-state index in [9.17, 15) is 9.59 Å². The lowest BCUT2D eigenvalue weighted by Gasteiger charge is -2.30. The van der Waals surface area contributed by atoms with Gasteiger partial charge in [0.05, 0.1) is 16.5 Å². The van der Waals surface area contributed by atoms with Crippen molar-refractivity contribution < 1.29 is 19.1 Å². The third kappa shape index (κ3) is 1.97. The second-order valence-electron chi connectivity index (χ2n) is 9.35. The maximum Gasteiger partial charge on any atom is 0.344 e. The van der Waals surface area contributed by atoms with Crippen molar-refractivity contribution in [3.8, 4) is 22.3 Å². The summed E-state index contributed by atoms with van der Waals surface area (Å²) in [6.07, 6.45) is 0. The van der Waals surface area contributed by atoms with Crippen molar-refractivity contribution in [2.75, 3.05) is 0 Å². The van der Waals surface area contributed by atoms with Gasteiger partial charge < -0.3 is 9.47 Å². The maximum atomic E-state index is 12.7. The van der Waals surface area contributed by atoms with Crippen molar-refractivity contribution in [1.82, 2.24) is 0 Å². The Hall–Kier alpha value is -4.70. The van der Waals surface area contributed by atoms with Crippen molar-refractivity contribution >= 4 is 23.5 Å². The van der Waals surface area contributed by atoms with Crippen LogP contribution in [0.15, 0.2) is 86.0 Å². The molecule has 4 heteroatoms. The second kappa shape index (κ2) is 5.86. The third-order valence-electron chi connectivity index (χ3n) is 7.84. The van der Waals surface area contributed by atoms with Crippen molar-refractivity contribution in [3.63, 3.8) is 0 Å². The van der Waals surface area contributed by atoms with Crippen LogP contribution in [0.2, 0.25) is 0 Å². The van der Waals surface area contributed by atoms with Crippen LogP contribution in [0.1, 0.15) is 54.1 Å². The molecule has 4 aromatic rings. The van der Waals surface area contributed by atoms with E-state index in [4.69, 9.17) is 9.47 Å². The van der Waals surface area contributed by atoms with Crippen LogP contribution in [0.25, 0.3) is 33.8 Å². The van der Waals surface area contributed by atoms with E-state index in [1.165, 1.54) is 0 Å². The van der Waals surface area contributed by atoms with Crippen LogP contribution < -0.4 is 0 Å². The average molecular weight is 452 g/mol. The molecule has 1 spiro atoms. The highest BCUT2D eigenvalue weighted by Crippen LogP contribution is 2.64. The molecule has 0 saturated heterocycles. The monoisotopic (exact) mass is 452 g/mol. The maximum absolute atomic E-state index is 12.7. The molecule has 35 heavy (non-hydrogen) atoms. The van der Waals surface area contributed by atoms with E-state index in [2.05, 4.69) is 37.4 Å². The van der Waals surface area contributed by atoms with Gasteiger partial charge in [-0.1, -0.05) is 61.7 Å². The normalized spacial score (nSPS) is 16.9. The molecule has 4 aromatic carbocycles. The highest BCUT2D eigenvalue weighted by molar-refractivity contribution is 6.08. The summed E-state index contributed by atoms with van der Waals surface area (Å²) in [4.78, 5) is 25.4. The number of hydrogen-bond acceptors (Lipinski definition) is 4. The Balaban J connectivity index is 1.58. The van der Waals surface area contributed by atoms with E-state index < -0.39 is 5.41 Å². The van der Waals surface area contributed by atoms with E-state index in [1.54, 1.807) is 0 Å². The Labute approximate surface area is 200 Å². The number of hydrogen-bond donors (Lipinski definition) is 0. The van der Waals surface area contributed by atoms with Crippen LogP contribution in [-0.2, 0) is 14.9 Å². The standard InChI is InChI=1S/C31H16O4/c1-15-19-11-21-17-7-3-5-9-25(17)31(27(21)13-23(19)29(32)34-15)26-10-6-4-8-18(26)22-12-20-16(2)35-30(33)24(20)14-28(22)31/h3-14H,1-2H2. The van der Waals surface area contributed by atoms with Gasteiger partial charge in [0.1, 0.15) is 11.5 Å². The van der Waals surface area contributed by atoms with Crippen molar-refractivity contribution in [3.05, 3.63) is 130 Å². The summed E-state index contributed by atoms with van der Waals surface area (Å²) in [5.41, 5.74) is 10.3. The van der Waals surface area contributed by atoms with Crippen LogP contribution in [0.3, 0.4) is 0 Å². The molecular weight excluding hydrogens is 436 g/mol. The average Bonchev–Trinajstić information content (AvgIpc) is 3.52. The number of fused-ring (bicyclic) bond motifs is 12. The minimum absolute atomic E-state index is 0.373. The summed E-state index contributed by atoms with van der Waals surface area (Å²) < 4.78 is 10.7. The molecule has 2 aliphatic carbocycles. The Kier molecular flexibility index (Phi) is 3.13. The minimum Gasteiger partial charge on any atom is -0.423 e. The fraction of sp³-hybridized carbons (Fsp3) is 0.0323. The molecule has 0 saturated carbocycles. The number of carbonyl (C=O) groups is 2. The summed E-state index contributed by atoms with van der Waals surface area (Å²) in [7, 11) is 0. The molecule has 8 rings (SSSR count). The SMILES string of the molecule is C=C1OC(=O)c2cc3c(cc21)-c1ccccc1C31c2ccccc2-c2cc3c(cc21)C(=O)OC3=C. The molecule has 0 fully saturated rings. The first-order chi connectivity index (χ1) is 17.0. The largest absolute Gasteiger partial charge is 0.423 e. The zero-order valence-corrected chi connectivity index (χ0v) is 18.5. The van der Waals surface area contributed by atoms with Crippen molar-refractivity contribution in [2.45, 2.75) is 5.41 Å². The number of ether oxygens (including phenoxy) is 2. The summed E-state index contributed by atoms with van der Waals surface area (Å²) in [5, 5.41) is 0. The number of rotatable bonds is 0. The third-order valence-corrected chi connectivity index (χ3v) is 7.84. The first kappa shape index (κ1) is 18.7. The lowest BCUT2D eigenvalue weighted by atomic mass is 9.70. The quantitative estimate of drug-likeness (QED) is 0.253. The number of cyclic esters (lactones) is 2. The van der Waals surface area contributed by atoms with Gasteiger partial charge in [-0.2, -0.15) is 0 Å². The molecule has 4 nitrogen and oxygen atoms in total. The topological polar surface area (TPSA) is 52.6 Å². The highest BCUT2D eigenvalue weighted by Gasteiger charge is 2.53. The Bertz CT molecular complexity index is 1640. The molecule has 0 unspecified atom stereocenters. The van der Waals surface area contributed by atoms with Gasteiger partial charge in [0.25, 0.3) is 0 Å². The highest BCUT2D eigenvalue weighted by atomic mass is 16.5. The molecule has 0 atom stereocenters. The van der Waals surface area contributed by atoms with E-state index >= 15 is 0 Å². The zero-order valence-electron chi connectivity index (χ0n) is 18.5. The lowest BCUT2D eigenvalue weighted by molar-refractivity contribution is 0.0706. The van der Waals surface area contributed by atoms with Crippen LogP contribution in [0.4, 0.5) is 0 Å². The van der Waals surface area contributed by atoms with Crippen LogP contribution in [0, 0.1) is 0 Å². The second-order valence-corrected chi connectivity index (χ2v) is 9.35. The molecule has 4 aliphatic rings. The minimum atomic E-state index is -0.684. The van der Waals surface area contributed by atoms with Gasteiger partial charge >= 0.3 is 11.9 Å². The first-order valence-corrected chi connectivity index (χ1v) is 11.4. The summed E-state index contributed by atoms with van der Waals surface area (Å²) in [6.45, 7) is 7.88. The van der Waals surface area contributed by atoms with Gasteiger partial charge in [-0.25, -0.2) is 9.59 Å². The Morgan fingerprint density at radius 3 is 1.37 bits per heavy atom. The summed E-state index contributed by atoms with van der Waals surface area (Å²) in [6, 6.07) is 24.6. The van der Waals surface area contributed by atoms with E-state index in [0.29, 0.717) is 22.6 Å². The molecule has 0 radical (unpaired) electrons. The lowest BCUT2D eigenvalue weighted by Crippen LogP contribution is -2.26. The van der Waals surface area contributed by atoms with Crippen molar-refractivity contribution in [2.24, 2.45) is 0 Å². The van der Waals surface area contributed by atoms with Crippen molar-refractivity contribution in [1.29, 1.82) is 0 Å². The number of esters is 2. The predicted molar refractivity (Wildman–Crippen MR) is 132 cm³/mol. The molecular formula is C31H16O4. The molecule has 0 bridgehead atoms. The zero-order chi connectivity index (χ0) is 23.6. The fourth-order valence-corrected chi connectivity index (χ4v) is 6.47. The molecule has 0 N–H and O–H groups in total. The first-order valence-electron chi connectivity index (χ1n) is 11.4. The summed E-state index contributed by atoms with van der Waals surface area (Å²) in [5.74, 6) is -0.0338. The van der Waals surface area contributed by atoms with Gasteiger partial charge in [-0.15, -0.1) is 0 Å². The Morgan fingerprint density at radius 1 is 0.486 bits per heavy atom. The van der Waals surface area contributed by atoms with Gasteiger partial charge in [-0.05, 0) is 68.8 Å². The molecule has 0 amide bonds. The number of benzene rings is 4. The fourth-order valence-electron chi connectivity index (χ4n) is 6.47. The number of carbonyl (C=O) groups excluding carboxylic acids is 2. The van der Waals surface area contributed by atoms with E-state index in [-0.39, 0.29) is 11.9 Å². The van der Waals surface area contributed by atoms with E-state index in [0.717, 1.165) is 55.6 Å². The van der Waals surface area contributed by atoms with Gasteiger partial charge in [0.2, 0.25) is 0 Å². The van der Waals surface area contributed by atoms with Crippen LogP contribution in [0.5, 0.6) is 0 Å². The molecule has 2 aliphatic heterocycles. The smallest absolute Gasteiger partial charge is 0.344 e. The van der Waals surface area contributed by atoms with E-state index in [1.807, 2.05) is 48.5 Å².